The van der Waals surface area contributed by atoms with Gasteiger partial charge in [0.2, 0.25) is 0 Å². The summed E-state index contributed by atoms with van der Waals surface area (Å²) in [5, 5.41) is 2.94. The predicted molar refractivity (Wildman–Crippen MR) is 71.0 cm³/mol. The van der Waals surface area contributed by atoms with Crippen molar-refractivity contribution >= 4 is 29.1 Å². The summed E-state index contributed by atoms with van der Waals surface area (Å²) in [5.74, 6) is -0.904. The van der Waals surface area contributed by atoms with Gasteiger partial charge < -0.3 is 9.73 Å². The second-order valence-corrected chi connectivity index (χ2v) is 4.81. The van der Waals surface area contributed by atoms with Crippen LogP contribution in [0.5, 0.6) is 0 Å². The van der Waals surface area contributed by atoms with Gasteiger partial charge in [-0.25, -0.2) is 4.39 Å². The second-order valence-electron chi connectivity index (χ2n) is 4.00. The van der Waals surface area contributed by atoms with E-state index in [0.717, 1.165) is 0 Å². The molecule has 1 amide bonds. The topological polar surface area (TPSA) is 42.2 Å². The Labute approximate surface area is 119 Å². The first kappa shape index (κ1) is 13.9. The van der Waals surface area contributed by atoms with Gasteiger partial charge in [-0.05, 0) is 30.7 Å². The predicted octanol–water partition coefficient (Wildman–Crippen LogP) is 4.22. The Morgan fingerprint density at radius 3 is 2.74 bits per heavy atom. The van der Waals surface area contributed by atoms with Crippen LogP contribution in [0.25, 0.3) is 0 Å². The molecule has 19 heavy (non-hydrogen) atoms. The van der Waals surface area contributed by atoms with Gasteiger partial charge in [0.15, 0.2) is 0 Å². The molecule has 0 aliphatic carbocycles. The van der Waals surface area contributed by atoms with Gasteiger partial charge >= 0.3 is 0 Å². The number of carbonyl (C=O) groups excluding carboxylic acids is 1. The third-order valence-corrected chi connectivity index (χ3v) is 3.25. The molecule has 2 rings (SSSR count). The third kappa shape index (κ3) is 3.08. The highest BCUT2D eigenvalue weighted by Gasteiger charge is 2.16. The largest absolute Gasteiger partial charge is 0.472 e. The van der Waals surface area contributed by atoms with Crippen molar-refractivity contribution in [3.8, 4) is 0 Å². The van der Waals surface area contributed by atoms with E-state index in [9.17, 15) is 9.18 Å². The number of hydrogen-bond acceptors (Lipinski definition) is 2. The lowest BCUT2D eigenvalue weighted by Crippen LogP contribution is -2.26. The van der Waals surface area contributed by atoms with E-state index in [-0.39, 0.29) is 10.9 Å². The number of carbonyl (C=O) groups is 1. The molecule has 1 heterocycles. The Morgan fingerprint density at radius 1 is 1.37 bits per heavy atom. The van der Waals surface area contributed by atoms with Gasteiger partial charge in [0.05, 0.1) is 22.9 Å². The third-order valence-electron chi connectivity index (χ3n) is 2.64. The summed E-state index contributed by atoms with van der Waals surface area (Å²) in [5.41, 5.74) is 0.845. The minimum absolute atomic E-state index is 0.0536. The summed E-state index contributed by atoms with van der Waals surface area (Å²) >= 11 is 11.6. The SMILES string of the molecule is CC(NC(=O)c1ccoc1)c1cc(F)c(Cl)cc1Cl. The van der Waals surface area contributed by atoms with Crippen molar-refractivity contribution in [3.05, 3.63) is 57.7 Å². The van der Waals surface area contributed by atoms with E-state index < -0.39 is 11.9 Å². The minimum Gasteiger partial charge on any atom is -0.472 e. The maximum absolute atomic E-state index is 13.4. The molecule has 0 radical (unpaired) electrons. The zero-order chi connectivity index (χ0) is 14.0. The van der Waals surface area contributed by atoms with Gasteiger partial charge in [-0.1, -0.05) is 23.2 Å². The number of benzene rings is 1. The average Bonchev–Trinajstić information content (AvgIpc) is 2.87. The van der Waals surface area contributed by atoms with E-state index >= 15 is 0 Å². The molecule has 0 aliphatic heterocycles. The quantitative estimate of drug-likeness (QED) is 0.863. The molecule has 100 valence electrons. The maximum Gasteiger partial charge on any atom is 0.255 e. The van der Waals surface area contributed by atoms with E-state index in [4.69, 9.17) is 27.6 Å². The maximum atomic E-state index is 13.4. The van der Waals surface area contributed by atoms with Crippen molar-refractivity contribution in [2.75, 3.05) is 0 Å². The van der Waals surface area contributed by atoms with Gasteiger partial charge in [-0.15, -0.1) is 0 Å². The first-order valence-corrected chi connectivity index (χ1v) is 6.22. The minimum atomic E-state index is -0.578. The molecule has 1 aromatic carbocycles. The van der Waals surface area contributed by atoms with Crippen molar-refractivity contribution in [2.45, 2.75) is 13.0 Å². The van der Waals surface area contributed by atoms with Crippen molar-refractivity contribution in [1.82, 2.24) is 5.32 Å². The van der Waals surface area contributed by atoms with Gasteiger partial charge in [0, 0.05) is 5.02 Å². The van der Waals surface area contributed by atoms with E-state index in [0.29, 0.717) is 16.1 Å². The summed E-state index contributed by atoms with van der Waals surface area (Å²) < 4.78 is 18.2. The number of rotatable bonds is 3. The second kappa shape index (κ2) is 5.63. The summed E-state index contributed by atoms with van der Waals surface area (Å²) in [6.07, 6.45) is 2.72. The fourth-order valence-corrected chi connectivity index (χ4v) is 2.17. The fraction of sp³-hybridized carbons (Fsp3) is 0.154. The number of amides is 1. The van der Waals surface area contributed by atoms with Gasteiger partial charge in [-0.2, -0.15) is 0 Å². The Balaban J connectivity index is 2.18. The summed E-state index contributed by atoms with van der Waals surface area (Å²) in [7, 11) is 0. The van der Waals surface area contributed by atoms with E-state index in [2.05, 4.69) is 5.32 Å². The first-order chi connectivity index (χ1) is 8.99. The molecular weight excluding hydrogens is 292 g/mol. The number of halogens is 3. The van der Waals surface area contributed by atoms with Crippen LogP contribution in [0.4, 0.5) is 4.39 Å². The number of nitrogens with one attached hydrogen (secondary N) is 1. The molecule has 1 N–H and O–H groups in total. The molecule has 2 aromatic rings. The van der Waals surface area contributed by atoms with E-state index in [1.54, 1.807) is 6.92 Å². The van der Waals surface area contributed by atoms with E-state index in [1.165, 1.54) is 30.7 Å². The van der Waals surface area contributed by atoms with Crippen molar-refractivity contribution in [3.63, 3.8) is 0 Å². The van der Waals surface area contributed by atoms with Crippen LogP contribution in [-0.4, -0.2) is 5.91 Å². The molecule has 6 heteroatoms. The zero-order valence-corrected chi connectivity index (χ0v) is 11.4. The molecule has 0 saturated carbocycles. The zero-order valence-electron chi connectivity index (χ0n) is 9.91. The molecular formula is C13H10Cl2FNO2. The number of hydrogen-bond donors (Lipinski definition) is 1. The Morgan fingerprint density at radius 2 is 2.11 bits per heavy atom. The molecule has 1 unspecified atom stereocenters. The van der Waals surface area contributed by atoms with Crippen LogP contribution in [0.1, 0.15) is 28.9 Å². The average molecular weight is 302 g/mol. The Bertz CT molecular complexity index is 599. The highest BCUT2D eigenvalue weighted by Crippen LogP contribution is 2.28. The summed E-state index contributed by atoms with van der Waals surface area (Å²) in [6, 6.07) is 3.60. The number of furan rings is 1. The van der Waals surface area contributed by atoms with Gasteiger partial charge in [-0.3, -0.25) is 4.79 Å². The van der Waals surface area contributed by atoms with Crippen LogP contribution in [0.3, 0.4) is 0 Å². The van der Waals surface area contributed by atoms with Crippen molar-refractivity contribution in [2.24, 2.45) is 0 Å². The van der Waals surface area contributed by atoms with Gasteiger partial charge in [0.1, 0.15) is 12.1 Å². The van der Waals surface area contributed by atoms with Crippen LogP contribution >= 0.6 is 23.2 Å². The van der Waals surface area contributed by atoms with Crippen LogP contribution < -0.4 is 5.32 Å². The normalized spacial score (nSPS) is 12.2. The van der Waals surface area contributed by atoms with Crippen molar-refractivity contribution in [1.29, 1.82) is 0 Å². The highest BCUT2D eigenvalue weighted by atomic mass is 35.5. The Kier molecular flexibility index (Phi) is 4.12. The molecule has 1 aromatic heterocycles. The molecule has 0 aliphatic rings. The van der Waals surface area contributed by atoms with Crippen molar-refractivity contribution < 1.29 is 13.6 Å². The van der Waals surface area contributed by atoms with E-state index in [1.807, 2.05) is 0 Å². The lowest BCUT2D eigenvalue weighted by molar-refractivity contribution is 0.0939. The Hall–Kier alpha value is -1.52. The standard InChI is InChI=1S/C13H10Cl2FNO2/c1-7(17-13(18)8-2-3-19-6-8)9-4-12(16)11(15)5-10(9)14/h2-7H,1H3,(H,17,18). The molecule has 3 nitrogen and oxygen atoms in total. The molecule has 0 fully saturated rings. The van der Waals surface area contributed by atoms with Crippen LogP contribution in [0.2, 0.25) is 10.0 Å². The molecule has 0 saturated heterocycles. The van der Waals surface area contributed by atoms with Gasteiger partial charge in [0.25, 0.3) is 5.91 Å². The fourth-order valence-electron chi connectivity index (χ4n) is 1.62. The van der Waals surface area contributed by atoms with Crippen LogP contribution in [-0.2, 0) is 0 Å². The first-order valence-electron chi connectivity index (χ1n) is 5.46. The van der Waals surface area contributed by atoms with Crippen LogP contribution in [0.15, 0.2) is 35.1 Å². The smallest absolute Gasteiger partial charge is 0.255 e. The highest BCUT2D eigenvalue weighted by molar-refractivity contribution is 6.35. The lowest BCUT2D eigenvalue weighted by atomic mass is 10.1. The molecule has 0 spiro atoms. The summed E-state index contributed by atoms with van der Waals surface area (Å²) in [6.45, 7) is 1.70. The molecule has 1 atom stereocenters. The van der Waals surface area contributed by atoms with Crippen LogP contribution in [0, 0.1) is 5.82 Å². The summed E-state index contributed by atoms with van der Waals surface area (Å²) in [4.78, 5) is 11.8. The monoisotopic (exact) mass is 301 g/mol. The lowest BCUT2D eigenvalue weighted by Gasteiger charge is -2.15. The molecule has 0 bridgehead atoms.